The Morgan fingerprint density at radius 2 is 2.00 bits per heavy atom. The molecule has 0 bridgehead atoms. The summed E-state index contributed by atoms with van der Waals surface area (Å²) in [5.41, 5.74) is 6.85. The van der Waals surface area contributed by atoms with Gasteiger partial charge in [-0.1, -0.05) is 6.07 Å². The minimum atomic E-state index is 0.136. The first-order chi connectivity index (χ1) is 6.67. The summed E-state index contributed by atoms with van der Waals surface area (Å²) in [6.07, 6.45) is 0.813. The van der Waals surface area contributed by atoms with Gasteiger partial charge in [0.1, 0.15) is 11.5 Å². The third-order valence-corrected chi connectivity index (χ3v) is 2.04. The highest BCUT2D eigenvalue weighted by Gasteiger charge is 2.06. The lowest BCUT2D eigenvalue weighted by Crippen LogP contribution is -2.18. The first-order valence-electron chi connectivity index (χ1n) is 4.64. The van der Waals surface area contributed by atoms with Crippen molar-refractivity contribution in [3.63, 3.8) is 0 Å². The maximum absolute atomic E-state index is 5.73. The number of rotatable bonds is 4. The van der Waals surface area contributed by atoms with Crippen molar-refractivity contribution in [2.75, 3.05) is 14.2 Å². The molecule has 0 aliphatic heterocycles. The Hall–Kier alpha value is -1.22. The van der Waals surface area contributed by atoms with Crippen LogP contribution in [0.15, 0.2) is 18.2 Å². The van der Waals surface area contributed by atoms with Crippen molar-refractivity contribution in [3.05, 3.63) is 23.8 Å². The second-order valence-electron chi connectivity index (χ2n) is 3.36. The third kappa shape index (κ3) is 2.64. The van der Waals surface area contributed by atoms with Crippen LogP contribution in [0.1, 0.15) is 12.5 Å². The van der Waals surface area contributed by atoms with Crippen molar-refractivity contribution < 1.29 is 9.47 Å². The smallest absolute Gasteiger partial charge is 0.125 e. The van der Waals surface area contributed by atoms with Crippen LogP contribution in [0.3, 0.4) is 0 Å². The lowest BCUT2D eigenvalue weighted by molar-refractivity contribution is 0.390. The molecule has 1 aromatic carbocycles. The molecule has 0 amide bonds. The van der Waals surface area contributed by atoms with E-state index in [1.165, 1.54) is 0 Å². The van der Waals surface area contributed by atoms with Gasteiger partial charge in [-0.05, 0) is 25.0 Å². The Kier molecular flexibility index (Phi) is 3.77. The molecule has 0 aromatic heterocycles. The van der Waals surface area contributed by atoms with Gasteiger partial charge >= 0.3 is 0 Å². The average molecular weight is 195 g/mol. The second-order valence-corrected chi connectivity index (χ2v) is 3.36. The van der Waals surface area contributed by atoms with Gasteiger partial charge in [-0.25, -0.2) is 0 Å². The summed E-state index contributed by atoms with van der Waals surface area (Å²) in [5, 5.41) is 0. The average Bonchev–Trinajstić information content (AvgIpc) is 2.17. The van der Waals surface area contributed by atoms with Crippen LogP contribution in [0.4, 0.5) is 0 Å². The molecule has 1 rings (SSSR count). The molecule has 0 spiro atoms. The molecule has 78 valence electrons. The quantitative estimate of drug-likeness (QED) is 0.793. The highest BCUT2D eigenvalue weighted by molar-refractivity contribution is 5.41. The van der Waals surface area contributed by atoms with E-state index in [9.17, 15) is 0 Å². The number of methoxy groups -OCH3 is 2. The first kappa shape index (κ1) is 10.9. The summed E-state index contributed by atoms with van der Waals surface area (Å²) in [5.74, 6) is 1.64. The van der Waals surface area contributed by atoms with Gasteiger partial charge in [-0.15, -0.1) is 0 Å². The summed E-state index contributed by atoms with van der Waals surface area (Å²) in [7, 11) is 3.29. The van der Waals surface area contributed by atoms with Gasteiger partial charge in [0, 0.05) is 12.1 Å². The summed E-state index contributed by atoms with van der Waals surface area (Å²) in [6.45, 7) is 1.98. The minimum Gasteiger partial charge on any atom is -0.497 e. The highest BCUT2D eigenvalue weighted by atomic mass is 16.5. The largest absolute Gasteiger partial charge is 0.497 e. The molecule has 0 aliphatic rings. The van der Waals surface area contributed by atoms with Crippen LogP contribution in [0.2, 0.25) is 0 Å². The zero-order chi connectivity index (χ0) is 10.6. The number of hydrogen-bond acceptors (Lipinski definition) is 3. The maximum atomic E-state index is 5.73. The van der Waals surface area contributed by atoms with Crippen molar-refractivity contribution in [2.45, 2.75) is 19.4 Å². The SMILES string of the molecule is COc1ccc(C[C@@H](C)N)c(OC)c1. The molecule has 3 heteroatoms. The van der Waals surface area contributed by atoms with E-state index in [-0.39, 0.29) is 6.04 Å². The summed E-state index contributed by atoms with van der Waals surface area (Å²) in [4.78, 5) is 0. The standard InChI is InChI=1S/C11H17NO2/c1-8(12)6-9-4-5-10(13-2)7-11(9)14-3/h4-5,7-8H,6,12H2,1-3H3/t8-/m1/s1. The normalized spacial score (nSPS) is 12.3. The van der Waals surface area contributed by atoms with Crippen LogP contribution in [0.5, 0.6) is 11.5 Å². The third-order valence-electron chi connectivity index (χ3n) is 2.04. The lowest BCUT2D eigenvalue weighted by atomic mass is 10.1. The van der Waals surface area contributed by atoms with E-state index >= 15 is 0 Å². The van der Waals surface area contributed by atoms with Crippen LogP contribution in [-0.2, 0) is 6.42 Å². The zero-order valence-electron chi connectivity index (χ0n) is 8.91. The minimum absolute atomic E-state index is 0.136. The Labute approximate surface area is 84.8 Å². The number of hydrogen-bond donors (Lipinski definition) is 1. The van der Waals surface area contributed by atoms with Gasteiger partial charge in [0.05, 0.1) is 14.2 Å². The van der Waals surface area contributed by atoms with E-state index in [1.54, 1.807) is 14.2 Å². The Morgan fingerprint density at radius 3 is 2.50 bits per heavy atom. The predicted octanol–water partition coefficient (Wildman–Crippen LogP) is 1.59. The Bertz CT molecular complexity index is 297. The topological polar surface area (TPSA) is 44.5 Å². The van der Waals surface area contributed by atoms with Crippen molar-refractivity contribution in [2.24, 2.45) is 5.73 Å². The molecule has 0 fully saturated rings. The number of nitrogens with two attached hydrogens (primary N) is 1. The van der Waals surface area contributed by atoms with Gasteiger partial charge < -0.3 is 15.2 Å². The zero-order valence-corrected chi connectivity index (χ0v) is 8.91. The monoisotopic (exact) mass is 195 g/mol. The van der Waals surface area contributed by atoms with Crippen LogP contribution in [0.25, 0.3) is 0 Å². The molecule has 0 aliphatic carbocycles. The Balaban J connectivity index is 2.93. The van der Waals surface area contributed by atoms with Crippen LogP contribution >= 0.6 is 0 Å². The lowest BCUT2D eigenvalue weighted by Gasteiger charge is -2.11. The molecule has 0 radical (unpaired) electrons. The van der Waals surface area contributed by atoms with Gasteiger partial charge in [0.25, 0.3) is 0 Å². The Morgan fingerprint density at radius 1 is 1.29 bits per heavy atom. The summed E-state index contributed by atoms with van der Waals surface area (Å²) in [6, 6.07) is 5.91. The van der Waals surface area contributed by atoms with Gasteiger partial charge in [0.15, 0.2) is 0 Å². The maximum Gasteiger partial charge on any atom is 0.125 e. The molecule has 2 N–H and O–H groups in total. The van der Waals surface area contributed by atoms with Gasteiger partial charge in [-0.2, -0.15) is 0 Å². The second kappa shape index (κ2) is 4.86. The molecule has 3 nitrogen and oxygen atoms in total. The number of benzene rings is 1. The molecule has 0 saturated heterocycles. The van der Waals surface area contributed by atoms with Crippen molar-refractivity contribution in [1.82, 2.24) is 0 Å². The molecule has 1 aromatic rings. The molecular weight excluding hydrogens is 178 g/mol. The molecule has 14 heavy (non-hydrogen) atoms. The van der Waals surface area contributed by atoms with Crippen LogP contribution in [-0.4, -0.2) is 20.3 Å². The molecule has 0 unspecified atom stereocenters. The van der Waals surface area contributed by atoms with Gasteiger partial charge in [-0.3, -0.25) is 0 Å². The van der Waals surface area contributed by atoms with E-state index in [1.807, 2.05) is 25.1 Å². The fourth-order valence-corrected chi connectivity index (χ4v) is 1.37. The molecule has 1 atom stereocenters. The van der Waals surface area contributed by atoms with Crippen molar-refractivity contribution >= 4 is 0 Å². The van der Waals surface area contributed by atoms with Crippen molar-refractivity contribution in [1.29, 1.82) is 0 Å². The van der Waals surface area contributed by atoms with E-state index in [0.717, 1.165) is 23.5 Å². The van der Waals surface area contributed by atoms with Gasteiger partial charge in [0.2, 0.25) is 0 Å². The molecule has 0 saturated carbocycles. The number of ether oxygens (including phenoxy) is 2. The van der Waals surface area contributed by atoms with E-state index in [4.69, 9.17) is 15.2 Å². The fourth-order valence-electron chi connectivity index (χ4n) is 1.37. The molecular formula is C11H17NO2. The van der Waals surface area contributed by atoms with E-state index in [2.05, 4.69) is 0 Å². The van der Waals surface area contributed by atoms with E-state index < -0.39 is 0 Å². The fraction of sp³-hybridized carbons (Fsp3) is 0.455. The first-order valence-corrected chi connectivity index (χ1v) is 4.64. The molecule has 0 heterocycles. The van der Waals surface area contributed by atoms with Crippen LogP contribution < -0.4 is 15.2 Å². The van der Waals surface area contributed by atoms with Crippen molar-refractivity contribution in [3.8, 4) is 11.5 Å². The van der Waals surface area contributed by atoms with Crippen LogP contribution in [0, 0.1) is 0 Å². The summed E-state index contributed by atoms with van der Waals surface area (Å²) < 4.78 is 10.4. The van der Waals surface area contributed by atoms with E-state index in [0.29, 0.717) is 0 Å². The predicted molar refractivity (Wildman–Crippen MR) is 56.9 cm³/mol. The summed E-state index contributed by atoms with van der Waals surface area (Å²) >= 11 is 0. The highest BCUT2D eigenvalue weighted by Crippen LogP contribution is 2.25.